The SMILES string of the molecule is CC1=CC(C)=NC(=O)C1CNC(=O)c1csc(N2CCCCC2C2CCNCC2)c1C. The first kappa shape index (κ1) is 22.2. The molecule has 3 aliphatic heterocycles. The number of hydrogen-bond donors (Lipinski definition) is 2. The second-order valence-corrected chi connectivity index (χ2v) is 10.0. The molecule has 2 saturated heterocycles. The summed E-state index contributed by atoms with van der Waals surface area (Å²) in [6.07, 6.45) is 8.16. The van der Waals surface area contributed by atoms with Gasteiger partial charge in [-0.15, -0.1) is 11.3 Å². The maximum Gasteiger partial charge on any atom is 0.254 e. The molecule has 2 N–H and O–H groups in total. The molecule has 0 aromatic carbocycles. The Morgan fingerprint density at radius 3 is 2.74 bits per heavy atom. The van der Waals surface area contributed by atoms with Gasteiger partial charge in [0.15, 0.2) is 0 Å². The molecule has 2 amide bonds. The predicted molar refractivity (Wildman–Crippen MR) is 127 cm³/mol. The highest BCUT2D eigenvalue weighted by molar-refractivity contribution is 7.14. The molecular weight excluding hydrogens is 408 g/mol. The summed E-state index contributed by atoms with van der Waals surface area (Å²) in [5.41, 5.74) is 3.49. The van der Waals surface area contributed by atoms with E-state index in [4.69, 9.17) is 0 Å². The van der Waals surface area contributed by atoms with Crippen molar-refractivity contribution in [2.75, 3.05) is 31.1 Å². The van der Waals surface area contributed by atoms with Crippen LogP contribution in [0.1, 0.15) is 61.9 Å². The molecule has 2 unspecified atom stereocenters. The van der Waals surface area contributed by atoms with E-state index in [1.54, 1.807) is 11.3 Å². The number of carbonyl (C=O) groups excluding carboxylic acids is 2. The van der Waals surface area contributed by atoms with E-state index in [9.17, 15) is 9.59 Å². The lowest BCUT2D eigenvalue weighted by Crippen LogP contribution is -2.47. The molecule has 0 saturated carbocycles. The third-order valence-corrected chi connectivity index (χ3v) is 8.15. The van der Waals surface area contributed by atoms with E-state index in [0.29, 0.717) is 12.6 Å². The van der Waals surface area contributed by atoms with Crippen molar-refractivity contribution in [3.05, 3.63) is 28.2 Å². The van der Waals surface area contributed by atoms with E-state index in [1.807, 2.05) is 25.3 Å². The Morgan fingerprint density at radius 1 is 1.23 bits per heavy atom. The molecule has 31 heavy (non-hydrogen) atoms. The lowest BCUT2D eigenvalue weighted by molar-refractivity contribution is -0.120. The van der Waals surface area contributed by atoms with Gasteiger partial charge in [0, 0.05) is 30.2 Å². The van der Waals surface area contributed by atoms with Gasteiger partial charge in [-0.25, -0.2) is 4.99 Å². The van der Waals surface area contributed by atoms with Crippen LogP contribution in [0, 0.1) is 18.8 Å². The number of carbonyl (C=O) groups is 2. The Bertz CT molecular complexity index is 897. The summed E-state index contributed by atoms with van der Waals surface area (Å²) in [4.78, 5) is 31.8. The number of allylic oxidation sites excluding steroid dienone is 1. The van der Waals surface area contributed by atoms with Crippen LogP contribution in [0.3, 0.4) is 0 Å². The highest BCUT2D eigenvalue weighted by atomic mass is 32.1. The van der Waals surface area contributed by atoms with Crippen molar-refractivity contribution in [3.8, 4) is 0 Å². The molecule has 2 fully saturated rings. The number of piperidine rings is 2. The average Bonchev–Trinajstić information content (AvgIpc) is 3.14. The Hall–Kier alpha value is -1.99. The maximum atomic E-state index is 13.0. The second kappa shape index (κ2) is 9.65. The number of nitrogens with one attached hydrogen (secondary N) is 2. The highest BCUT2D eigenvalue weighted by Crippen LogP contribution is 2.38. The zero-order valence-electron chi connectivity index (χ0n) is 18.9. The number of dihydropyridines is 1. The quantitative estimate of drug-likeness (QED) is 0.729. The van der Waals surface area contributed by atoms with E-state index in [2.05, 4.69) is 27.4 Å². The summed E-state index contributed by atoms with van der Waals surface area (Å²) in [6.45, 7) is 9.42. The van der Waals surface area contributed by atoms with Crippen molar-refractivity contribution in [3.63, 3.8) is 0 Å². The van der Waals surface area contributed by atoms with Crippen molar-refractivity contribution in [2.24, 2.45) is 16.8 Å². The Kier molecular flexibility index (Phi) is 6.92. The summed E-state index contributed by atoms with van der Waals surface area (Å²) < 4.78 is 0. The zero-order valence-corrected chi connectivity index (χ0v) is 19.7. The molecule has 0 aliphatic carbocycles. The van der Waals surface area contributed by atoms with Gasteiger partial charge >= 0.3 is 0 Å². The molecule has 1 aromatic heterocycles. The van der Waals surface area contributed by atoms with Crippen molar-refractivity contribution >= 4 is 33.9 Å². The third kappa shape index (κ3) is 4.77. The fraction of sp³-hybridized carbons (Fsp3) is 0.625. The van der Waals surface area contributed by atoms with E-state index in [0.717, 1.165) is 48.0 Å². The van der Waals surface area contributed by atoms with Crippen molar-refractivity contribution in [1.82, 2.24) is 10.6 Å². The van der Waals surface area contributed by atoms with Crippen LogP contribution in [0.2, 0.25) is 0 Å². The number of rotatable bonds is 5. The fourth-order valence-corrected chi connectivity index (χ4v) is 6.45. The van der Waals surface area contributed by atoms with Gasteiger partial charge in [0.2, 0.25) is 0 Å². The van der Waals surface area contributed by atoms with Crippen LogP contribution < -0.4 is 15.5 Å². The molecule has 4 heterocycles. The number of nitrogens with zero attached hydrogens (tertiary/aromatic N) is 2. The minimum absolute atomic E-state index is 0.0951. The van der Waals surface area contributed by atoms with Gasteiger partial charge in [0.05, 0.1) is 16.5 Å². The van der Waals surface area contributed by atoms with E-state index >= 15 is 0 Å². The summed E-state index contributed by atoms with van der Waals surface area (Å²) in [6, 6.07) is 0.581. The third-order valence-electron chi connectivity index (χ3n) is 7.03. The van der Waals surface area contributed by atoms with E-state index < -0.39 is 0 Å². The van der Waals surface area contributed by atoms with Crippen LogP contribution in [-0.2, 0) is 4.79 Å². The largest absolute Gasteiger partial charge is 0.360 e. The lowest BCUT2D eigenvalue weighted by atomic mass is 9.84. The van der Waals surface area contributed by atoms with Gasteiger partial charge < -0.3 is 15.5 Å². The fourth-order valence-electron chi connectivity index (χ4n) is 5.29. The van der Waals surface area contributed by atoms with Crippen molar-refractivity contribution in [1.29, 1.82) is 0 Å². The number of hydrogen-bond acceptors (Lipinski definition) is 5. The van der Waals surface area contributed by atoms with Crippen LogP contribution in [0.15, 0.2) is 22.0 Å². The summed E-state index contributed by atoms with van der Waals surface area (Å²) in [5.74, 6) is 0.106. The lowest BCUT2D eigenvalue weighted by Gasteiger charge is -2.43. The van der Waals surface area contributed by atoms with Gasteiger partial charge in [-0.1, -0.05) is 5.57 Å². The standard InChI is InChI=1S/C24H34N4O2S/c1-15-12-16(2)27-23(30)19(15)13-26-22(29)20-14-31-24(17(20)3)28-11-5-4-6-21(28)18-7-9-25-10-8-18/h12,14,18-19,21,25H,4-11,13H2,1-3H3,(H,26,29). The van der Waals surface area contributed by atoms with Crippen molar-refractivity contribution < 1.29 is 9.59 Å². The Labute approximate surface area is 189 Å². The molecule has 3 aliphatic rings. The van der Waals surface area contributed by atoms with Crippen LogP contribution in [0.5, 0.6) is 0 Å². The number of thiophene rings is 1. The topological polar surface area (TPSA) is 73.8 Å². The van der Waals surface area contributed by atoms with E-state index in [1.165, 1.54) is 37.1 Å². The molecule has 6 nitrogen and oxygen atoms in total. The Balaban J connectivity index is 1.45. The van der Waals surface area contributed by atoms with Crippen LogP contribution in [0.25, 0.3) is 0 Å². The molecule has 4 rings (SSSR count). The smallest absolute Gasteiger partial charge is 0.254 e. The minimum Gasteiger partial charge on any atom is -0.360 e. The Morgan fingerprint density at radius 2 is 2.00 bits per heavy atom. The van der Waals surface area contributed by atoms with Gasteiger partial charge in [-0.3, -0.25) is 9.59 Å². The first-order valence-corrected chi connectivity index (χ1v) is 12.4. The zero-order chi connectivity index (χ0) is 22.0. The number of aliphatic imine (C=N–C) groups is 1. The molecule has 0 radical (unpaired) electrons. The maximum absolute atomic E-state index is 13.0. The summed E-state index contributed by atoms with van der Waals surface area (Å²) in [7, 11) is 0. The van der Waals surface area contributed by atoms with Crippen LogP contribution >= 0.6 is 11.3 Å². The molecule has 168 valence electrons. The second-order valence-electron chi connectivity index (χ2n) is 9.17. The van der Waals surface area contributed by atoms with Crippen LogP contribution in [-0.4, -0.2) is 49.7 Å². The van der Waals surface area contributed by atoms with Crippen LogP contribution in [0.4, 0.5) is 5.00 Å². The molecular formula is C24H34N4O2S. The minimum atomic E-state index is -0.363. The molecule has 1 aromatic rings. The number of amides is 2. The summed E-state index contributed by atoms with van der Waals surface area (Å²) >= 11 is 1.69. The van der Waals surface area contributed by atoms with Crippen molar-refractivity contribution in [2.45, 2.75) is 58.9 Å². The molecule has 2 atom stereocenters. The highest BCUT2D eigenvalue weighted by Gasteiger charge is 2.33. The first-order chi connectivity index (χ1) is 15.0. The van der Waals surface area contributed by atoms with Gasteiger partial charge in [-0.2, -0.15) is 0 Å². The summed E-state index contributed by atoms with van der Waals surface area (Å²) in [5, 5.41) is 9.71. The average molecular weight is 443 g/mol. The number of anilines is 1. The monoisotopic (exact) mass is 442 g/mol. The molecule has 7 heteroatoms. The molecule has 0 spiro atoms. The normalized spacial score (nSPS) is 25.3. The van der Waals surface area contributed by atoms with E-state index in [-0.39, 0.29) is 17.7 Å². The van der Waals surface area contributed by atoms with Gasteiger partial charge in [0.1, 0.15) is 0 Å². The predicted octanol–water partition coefficient (Wildman–Crippen LogP) is 3.71. The first-order valence-electron chi connectivity index (χ1n) is 11.6. The molecule has 0 bridgehead atoms. The van der Waals surface area contributed by atoms with Gasteiger partial charge in [0.25, 0.3) is 11.8 Å². The van der Waals surface area contributed by atoms with Gasteiger partial charge in [-0.05, 0) is 83.5 Å².